The second-order valence-electron chi connectivity index (χ2n) is 3.95. The van der Waals surface area contributed by atoms with E-state index in [0.29, 0.717) is 9.90 Å². The van der Waals surface area contributed by atoms with Gasteiger partial charge in [0.15, 0.2) is 0 Å². The minimum Gasteiger partial charge on any atom is -0.319 e. The zero-order chi connectivity index (χ0) is 14.3. The Hall–Kier alpha value is -1.14. The van der Waals surface area contributed by atoms with Gasteiger partial charge in [-0.1, -0.05) is 23.2 Å². The molecule has 0 aliphatic carbocycles. The topological polar surface area (TPSA) is 29.1 Å². The lowest BCUT2D eigenvalue weighted by atomic mass is 10.3. The molecule has 0 saturated carbocycles. The number of rotatable bonds is 2. The molecule has 0 radical (unpaired) electrons. The fraction of sp³-hybridized carbons (Fsp3) is 0. The number of anilines is 1. The van der Waals surface area contributed by atoms with Crippen LogP contribution in [0.25, 0.3) is 9.40 Å². The number of halogens is 3. The molecule has 2 nitrogen and oxygen atoms in total. The highest BCUT2D eigenvalue weighted by Crippen LogP contribution is 2.39. The molecule has 102 valence electrons. The normalized spacial score (nSPS) is 10.9. The molecule has 0 fully saturated rings. The van der Waals surface area contributed by atoms with E-state index in [1.54, 1.807) is 0 Å². The van der Waals surface area contributed by atoms with Gasteiger partial charge in [0.2, 0.25) is 0 Å². The quantitative estimate of drug-likeness (QED) is 0.637. The van der Waals surface area contributed by atoms with Gasteiger partial charge in [0, 0.05) is 10.4 Å². The van der Waals surface area contributed by atoms with Crippen LogP contribution in [-0.4, -0.2) is 5.91 Å². The van der Waals surface area contributed by atoms with Gasteiger partial charge in [-0.3, -0.25) is 4.79 Å². The van der Waals surface area contributed by atoms with Gasteiger partial charge in [-0.2, -0.15) is 0 Å². The van der Waals surface area contributed by atoms with E-state index in [4.69, 9.17) is 23.2 Å². The number of carbonyl (C=O) groups excluding carboxylic acids is 1. The van der Waals surface area contributed by atoms with Crippen LogP contribution in [0.1, 0.15) is 9.67 Å². The Morgan fingerprint density at radius 3 is 2.75 bits per heavy atom. The van der Waals surface area contributed by atoms with Crippen molar-refractivity contribution < 1.29 is 9.18 Å². The average molecular weight is 346 g/mol. The summed E-state index contributed by atoms with van der Waals surface area (Å²) in [4.78, 5) is 12.5. The Kier molecular flexibility index (Phi) is 3.69. The number of fused-ring (bicyclic) bond motifs is 1. The van der Waals surface area contributed by atoms with Crippen molar-refractivity contribution in [3.8, 4) is 0 Å². The summed E-state index contributed by atoms with van der Waals surface area (Å²) in [7, 11) is 0. The van der Waals surface area contributed by atoms with Crippen LogP contribution in [0.4, 0.5) is 10.1 Å². The van der Waals surface area contributed by atoms with Crippen LogP contribution in [0.2, 0.25) is 10.0 Å². The highest BCUT2D eigenvalue weighted by molar-refractivity contribution is 7.38. The third kappa shape index (κ3) is 2.42. The summed E-state index contributed by atoms with van der Waals surface area (Å²) in [6, 6.07) is 5.93. The molecule has 3 rings (SSSR count). The van der Waals surface area contributed by atoms with Crippen molar-refractivity contribution in [3.63, 3.8) is 0 Å². The number of thiophene rings is 2. The van der Waals surface area contributed by atoms with E-state index >= 15 is 0 Å². The van der Waals surface area contributed by atoms with Crippen LogP contribution in [0, 0.1) is 5.82 Å². The van der Waals surface area contributed by atoms with E-state index < -0.39 is 11.7 Å². The van der Waals surface area contributed by atoms with Crippen LogP contribution in [0.3, 0.4) is 0 Å². The second-order valence-corrected chi connectivity index (χ2v) is 6.95. The number of carbonyl (C=O) groups is 1. The van der Waals surface area contributed by atoms with Crippen LogP contribution in [-0.2, 0) is 0 Å². The molecule has 0 aliphatic heterocycles. The van der Waals surface area contributed by atoms with Gasteiger partial charge in [0.05, 0.1) is 14.7 Å². The van der Waals surface area contributed by atoms with Gasteiger partial charge in [-0.05, 0) is 29.6 Å². The van der Waals surface area contributed by atoms with Crippen molar-refractivity contribution in [1.29, 1.82) is 0 Å². The Bertz CT molecular complexity index is 812. The summed E-state index contributed by atoms with van der Waals surface area (Å²) in [5.74, 6) is -1.01. The Labute approximate surface area is 131 Å². The highest BCUT2D eigenvalue weighted by Gasteiger charge is 2.19. The van der Waals surface area contributed by atoms with E-state index in [9.17, 15) is 9.18 Å². The van der Waals surface area contributed by atoms with E-state index in [1.807, 2.05) is 11.4 Å². The smallest absolute Gasteiger partial charge is 0.267 e. The molecule has 3 aromatic rings. The Morgan fingerprint density at radius 2 is 2.05 bits per heavy atom. The van der Waals surface area contributed by atoms with Gasteiger partial charge in [-0.25, -0.2) is 4.39 Å². The zero-order valence-corrected chi connectivity index (χ0v) is 12.9. The minimum absolute atomic E-state index is 0.0761. The lowest BCUT2D eigenvalue weighted by Gasteiger charge is -2.05. The van der Waals surface area contributed by atoms with Crippen molar-refractivity contribution >= 4 is 66.9 Å². The standard InChI is InChI=1S/C13H6Cl2FNOS2/c14-6-1-2-9(8(16)5-6)17-12(18)11-10(15)7-3-4-19-13(7)20-11/h1-5H,(H,17,18). The third-order valence-electron chi connectivity index (χ3n) is 2.65. The summed E-state index contributed by atoms with van der Waals surface area (Å²) in [6.07, 6.45) is 0. The van der Waals surface area contributed by atoms with E-state index in [1.165, 1.54) is 34.8 Å². The fourth-order valence-corrected chi connectivity index (χ4v) is 4.39. The molecule has 0 bridgehead atoms. The zero-order valence-electron chi connectivity index (χ0n) is 9.75. The summed E-state index contributed by atoms with van der Waals surface area (Å²) >= 11 is 14.6. The molecule has 1 amide bonds. The molecule has 2 heterocycles. The molecular formula is C13H6Cl2FNOS2. The summed E-state index contributed by atoms with van der Waals surface area (Å²) in [6.45, 7) is 0. The SMILES string of the molecule is O=C(Nc1ccc(Cl)cc1F)c1sc2sccc2c1Cl. The summed E-state index contributed by atoms with van der Waals surface area (Å²) in [5.41, 5.74) is 0.0761. The molecule has 0 aliphatic rings. The van der Waals surface area contributed by atoms with Crippen molar-refractivity contribution in [3.05, 3.63) is 50.4 Å². The maximum absolute atomic E-state index is 13.6. The largest absolute Gasteiger partial charge is 0.319 e. The van der Waals surface area contributed by atoms with Crippen molar-refractivity contribution in [1.82, 2.24) is 0 Å². The first-order valence-electron chi connectivity index (χ1n) is 5.48. The minimum atomic E-state index is -0.583. The lowest BCUT2D eigenvalue weighted by Crippen LogP contribution is -2.11. The second kappa shape index (κ2) is 5.33. The molecule has 2 aromatic heterocycles. The van der Waals surface area contributed by atoms with Gasteiger partial charge >= 0.3 is 0 Å². The van der Waals surface area contributed by atoms with Gasteiger partial charge in [-0.15, -0.1) is 22.7 Å². The predicted octanol–water partition coefficient (Wildman–Crippen LogP) is 5.66. The fourth-order valence-electron chi connectivity index (χ4n) is 1.71. The maximum Gasteiger partial charge on any atom is 0.267 e. The van der Waals surface area contributed by atoms with Gasteiger partial charge in [0.25, 0.3) is 5.91 Å². The number of hydrogen-bond donors (Lipinski definition) is 1. The third-order valence-corrected chi connectivity index (χ3v) is 5.63. The number of nitrogens with one attached hydrogen (secondary N) is 1. The number of benzene rings is 1. The van der Waals surface area contributed by atoms with E-state index in [2.05, 4.69) is 5.32 Å². The van der Waals surface area contributed by atoms with Crippen molar-refractivity contribution in [2.75, 3.05) is 5.32 Å². The Morgan fingerprint density at radius 1 is 1.25 bits per heavy atom. The van der Waals surface area contributed by atoms with Crippen LogP contribution >= 0.6 is 45.9 Å². The highest BCUT2D eigenvalue weighted by atomic mass is 35.5. The molecule has 7 heteroatoms. The van der Waals surface area contributed by atoms with Gasteiger partial charge in [0.1, 0.15) is 10.7 Å². The molecular weight excluding hydrogens is 340 g/mol. The van der Waals surface area contributed by atoms with Crippen LogP contribution < -0.4 is 5.32 Å². The van der Waals surface area contributed by atoms with Crippen LogP contribution in [0.5, 0.6) is 0 Å². The molecule has 20 heavy (non-hydrogen) atoms. The first-order valence-corrected chi connectivity index (χ1v) is 7.93. The maximum atomic E-state index is 13.6. The predicted molar refractivity (Wildman–Crippen MR) is 84.1 cm³/mol. The summed E-state index contributed by atoms with van der Waals surface area (Å²) < 4.78 is 14.6. The summed E-state index contributed by atoms with van der Waals surface area (Å²) in [5, 5.41) is 5.94. The lowest BCUT2D eigenvalue weighted by molar-refractivity contribution is 0.103. The first kappa shape index (κ1) is 13.8. The van der Waals surface area contributed by atoms with Crippen LogP contribution in [0.15, 0.2) is 29.6 Å². The molecule has 0 spiro atoms. The van der Waals surface area contributed by atoms with Crippen molar-refractivity contribution in [2.45, 2.75) is 0 Å². The molecule has 0 unspecified atom stereocenters. The Balaban J connectivity index is 1.92. The molecule has 1 N–H and O–H groups in total. The first-order chi connectivity index (χ1) is 9.56. The molecule has 0 saturated heterocycles. The van der Waals surface area contributed by atoms with Gasteiger partial charge < -0.3 is 5.32 Å². The monoisotopic (exact) mass is 345 g/mol. The molecule has 1 aromatic carbocycles. The molecule has 0 atom stereocenters. The average Bonchev–Trinajstić information content (AvgIpc) is 2.96. The van der Waals surface area contributed by atoms with E-state index in [-0.39, 0.29) is 10.7 Å². The number of hydrogen-bond acceptors (Lipinski definition) is 3. The van der Waals surface area contributed by atoms with E-state index in [0.717, 1.165) is 15.5 Å². The van der Waals surface area contributed by atoms with Crippen molar-refractivity contribution in [2.24, 2.45) is 0 Å². The number of amides is 1.